The molecule has 4 rings (SSSR count). The topological polar surface area (TPSA) is 53.9 Å². The Kier molecular flexibility index (Phi) is 6.37. The van der Waals surface area contributed by atoms with Crippen LogP contribution in [0.3, 0.4) is 0 Å². The van der Waals surface area contributed by atoms with E-state index in [0.29, 0.717) is 18.7 Å². The Morgan fingerprint density at radius 2 is 1.38 bits per heavy atom. The molecule has 148 valence electrons. The maximum absolute atomic E-state index is 10.8. The fourth-order valence-corrected chi connectivity index (χ4v) is 3.60. The molecule has 0 fully saturated rings. The van der Waals surface area contributed by atoms with Crippen LogP contribution in [0.4, 0.5) is 0 Å². The van der Waals surface area contributed by atoms with Crippen LogP contribution >= 0.6 is 12.4 Å². The van der Waals surface area contributed by atoms with Crippen molar-refractivity contribution in [1.29, 1.82) is 5.41 Å². The molecule has 0 aliphatic rings. The number of fused-ring (bicyclic) bond motifs is 1. The number of aromatic nitrogens is 2. The average Bonchev–Trinajstić information content (AvgIpc) is 3.01. The Morgan fingerprint density at radius 1 is 0.828 bits per heavy atom. The standard InChI is InChI=1S/C24H23N3O.ClH/c1-2-16-26-21-10-6-7-11-22(21)27(24(26)25)17-23(28)20-14-12-19(13-15-20)18-8-4-3-5-9-18;/h2-15,23,25,28H,1,16-17H2;1H. The summed E-state index contributed by atoms with van der Waals surface area (Å²) >= 11 is 0. The van der Waals surface area contributed by atoms with E-state index < -0.39 is 6.10 Å². The van der Waals surface area contributed by atoms with Gasteiger partial charge in [0.1, 0.15) is 0 Å². The largest absolute Gasteiger partial charge is 0.387 e. The zero-order valence-electron chi connectivity index (χ0n) is 16.0. The molecule has 0 aliphatic carbocycles. The van der Waals surface area contributed by atoms with E-state index in [0.717, 1.165) is 27.7 Å². The quantitative estimate of drug-likeness (QED) is 0.439. The first kappa shape index (κ1) is 20.6. The molecule has 2 N–H and O–H groups in total. The molecule has 0 saturated carbocycles. The molecule has 0 saturated heterocycles. The highest BCUT2D eigenvalue weighted by atomic mass is 35.5. The molecule has 0 bridgehead atoms. The van der Waals surface area contributed by atoms with Crippen molar-refractivity contribution in [2.75, 3.05) is 0 Å². The van der Waals surface area contributed by atoms with Crippen LogP contribution in [0.15, 0.2) is 91.5 Å². The summed E-state index contributed by atoms with van der Waals surface area (Å²) in [7, 11) is 0. The van der Waals surface area contributed by atoms with Crippen LogP contribution in [-0.4, -0.2) is 14.2 Å². The van der Waals surface area contributed by atoms with E-state index in [9.17, 15) is 5.11 Å². The van der Waals surface area contributed by atoms with Crippen LogP contribution in [0, 0.1) is 5.41 Å². The van der Waals surface area contributed by atoms with Gasteiger partial charge in [-0.05, 0) is 28.8 Å². The molecule has 4 aromatic rings. The fourth-order valence-electron chi connectivity index (χ4n) is 3.60. The number of aliphatic hydroxyl groups excluding tert-OH is 1. The van der Waals surface area contributed by atoms with Crippen molar-refractivity contribution in [3.63, 3.8) is 0 Å². The van der Waals surface area contributed by atoms with E-state index >= 15 is 0 Å². The normalized spacial score (nSPS) is 11.8. The lowest BCUT2D eigenvalue weighted by molar-refractivity contribution is 0.156. The number of imidazole rings is 1. The van der Waals surface area contributed by atoms with Crippen molar-refractivity contribution in [2.24, 2.45) is 0 Å². The second-order valence-electron chi connectivity index (χ2n) is 6.83. The molecule has 3 aromatic carbocycles. The lowest BCUT2D eigenvalue weighted by atomic mass is 10.0. The third kappa shape index (κ3) is 4.04. The van der Waals surface area contributed by atoms with Gasteiger partial charge in [0.05, 0.1) is 23.7 Å². The molecular formula is C24H24ClN3O. The third-order valence-electron chi connectivity index (χ3n) is 5.04. The van der Waals surface area contributed by atoms with Crippen molar-refractivity contribution < 1.29 is 5.11 Å². The number of rotatable bonds is 6. The smallest absolute Gasteiger partial charge is 0.203 e. The van der Waals surface area contributed by atoms with Crippen molar-refractivity contribution >= 4 is 23.4 Å². The van der Waals surface area contributed by atoms with E-state index in [1.165, 1.54) is 0 Å². The Bertz CT molecular complexity index is 1160. The lowest BCUT2D eigenvalue weighted by Gasteiger charge is -2.13. The molecule has 4 nitrogen and oxygen atoms in total. The van der Waals surface area contributed by atoms with E-state index in [2.05, 4.69) is 18.7 Å². The third-order valence-corrected chi connectivity index (χ3v) is 5.04. The summed E-state index contributed by atoms with van der Waals surface area (Å²) in [5, 5.41) is 19.4. The van der Waals surface area contributed by atoms with Gasteiger partial charge < -0.3 is 14.2 Å². The zero-order chi connectivity index (χ0) is 19.5. The molecule has 0 radical (unpaired) electrons. The van der Waals surface area contributed by atoms with Crippen LogP contribution in [0.5, 0.6) is 0 Å². The summed E-state index contributed by atoms with van der Waals surface area (Å²) in [5.41, 5.74) is 5.38. The number of hydrogen-bond acceptors (Lipinski definition) is 2. The number of aliphatic hydroxyl groups is 1. The number of para-hydroxylation sites is 2. The monoisotopic (exact) mass is 405 g/mol. The summed E-state index contributed by atoms with van der Waals surface area (Å²) < 4.78 is 3.75. The Hall–Kier alpha value is -3.08. The Labute approximate surface area is 176 Å². The van der Waals surface area contributed by atoms with Gasteiger partial charge in [0.15, 0.2) is 0 Å². The number of nitrogens with zero attached hydrogens (tertiary/aromatic N) is 2. The number of allylic oxidation sites excluding steroid dienone is 1. The fraction of sp³-hybridized carbons (Fsp3) is 0.125. The minimum Gasteiger partial charge on any atom is -0.387 e. The van der Waals surface area contributed by atoms with Crippen molar-refractivity contribution in [1.82, 2.24) is 9.13 Å². The highest BCUT2D eigenvalue weighted by molar-refractivity contribution is 5.85. The summed E-state index contributed by atoms with van der Waals surface area (Å²) in [6.07, 6.45) is 1.09. The van der Waals surface area contributed by atoms with E-state index in [4.69, 9.17) is 5.41 Å². The first-order chi connectivity index (χ1) is 13.7. The first-order valence-corrected chi connectivity index (χ1v) is 9.36. The minimum absolute atomic E-state index is 0. The molecule has 0 amide bonds. The number of hydrogen-bond donors (Lipinski definition) is 2. The zero-order valence-corrected chi connectivity index (χ0v) is 16.8. The van der Waals surface area contributed by atoms with Crippen LogP contribution in [-0.2, 0) is 13.1 Å². The van der Waals surface area contributed by atoms with Gasteiger partial charge in [-0.15, -0.1) is 19.0 Å². The molecule has 1 aromatic heterocycles. The van der Waals surface area contributed by atoms with Crippen LogP contribution in [0.2, 0.25) is 0 Å². The highest BCUT2D eigenvalue weighted by Crippen LogP contribution is 2.23. The predicted octanol–water partition coefficient (Wildman–Crippen LogP) is 4.93. The van der Waals surface area contributed by atoms with Crippen molar-refractivity contribution in [3.05, 3.63) is 103 Å². The minimum atomic E-state index is -0.693. The number of halogens is 1. The van der Waals surface area contributed by atoms with Gasteiger partial charge in [0.2, 0.25) is 5.62 Å². The van der Waals surface area contributed by atoms with Gasteiger partial charge in [0, 0.05) is 6.54 Å². The van der Waals surface area contributed by atoms with E-state index in [-0.39, 0.29) is 12.4 Å². The maximum Gasteiger partial charge on any atom is 0.203 e. The van der Waals surface area contributed by atoms with E-state index in [1.54, 1.807) is 6.08 Å². The Balaban J connectivity index is 0.00000240. The summed E-state index contributed by atoms with van der Waals surface area (Å²) in [5.74, 6) is 0. The molecule has 29 heavy (non-hydrogen) atoms. The molecular weight excluding hydrogens is 382 g/mol. The number of benzene rings is 3. The molecule has 1 atom stereocenters. The van der Waals surface area contributed by atoms with Crippen molar-refractivity contribution in [2.45, 2.75) is 19.2 Å². The molecule has 5 heteroatoms. The van der Waals surface area contributed by atoms with Gasteiger partial charge in [0.25, 0.3) is 0 Å². The molecule has 0 spiro atoms. The van der Waals surface area contributed by atoms with Gasteiger partial charge in [-0.2, -0.15) is 0 Å². The Morgan fingerprint density at radius 3 is 2.00 bits per heavy atom. The summed E-state index contributed by atoms with van der Waals surface area (Å²) in [6.45, 7) is 4.68. The van der Waals surface area contributed by atoms with Crippen LogP contribution in [0.25, 0.3) is 22.2 Å². The van der Waals surface area contributed by atoms with Gasteiger partial charge in [-0.1, -0.05) is 72.8 Å². The average molecular weight is 406 g/mol. The van der Waals surface area contributed by atoms with Crippen LogP contribution in [0.1, 0.15) is 11.7 Å². The second-order valence-corrected chi connectivity index (χ2v) is 6.83. The van der Waals surface area contributed by atoms with Crippen LogP contribution < -0.4 is 5.62 Å². The van der Waals surface area contributed by atoms with Gasteiger partial charge >= 0.3 is 0 Å². The van der Waals surface area contributed by atoms with Gasteiger partial charge in [-0.25, -0.2) is 0 Å². The molecule has 0 aliphatic heterocycles. The summed E-state index contributed by atoms with van der Waals surface area (Å²) in [4.78, 5) is 0. The van der Waals surface area contributed by atoms with Crippen molar-refractivity contribution in [3.8, 4) is 11.1 Å². The molecule has 1 unspecified atom stereocenters. The summed E-state index contributed by atoms with van der Waals surface area (Å²) in [6, 6.07) is 26.1. The SMILES string of the molecule is C=CCn1c(=N)n(CC(O)c2ccc(-c3ccccc3)cc2)c2ccccc21.Cl. The maximum atomic E-state index is 10.8. The second kappa shape index (κ2) is 8.95. The van der Waals surface area contributed by atoms with E-state index in [1.807, 2.05) is 75.9 Å². The highest BCUT2D eigenvalue weighted by Gasteiger charge is 2.14. The molecule has 1 heterocycles. The number of nitrogens with one attached hydrogen (secondary N) is 1. The first-order valence-electron chi connectivity index (χ1n) is 9.36. The lowest BCUT2D eigenvalue weighted by Crippen LogP contribution is -2.26. The van der Waals surface area contributed by atoms with Gasteiger partial charge in [-0.3, -0.25) is 5.41 Å². The predicted molar refractivity (Wildman–Crippen MR) is 120 cm³/mol.